The van der Waals surface area contributed by atoms with Crippen molar-refractivity contribution >= 4 is 17.7 Å². The van der Waals surface area contributed by atoms with Crippen molar-refractivity contribution in [2.75, 3.05) is 18.9 Å². The van der Waals surface area contributed by atoms with Gasteiger partial charge in [-0.25, -0.2) is 0 Å². The summed E-state index contributed by atoms with van der Waals surface area (Å²) in [6.07, 6.45) is 2.81. The molecule has 1 aliphatic rings. The Morgan fingerprint density at radius 1 is 1.48 bits per heavy atom. The summed E-state index contributed by atoms with van der Waals surface area (Å²) in [6.45, 7) is 5.45. The molecule has 0 aliphatic carbocycles. The predicted octanol–water partition coefficient (Wildman–Crippen LogP) is 3.30. The molecule has 0 aromatic heterocycles. The van der Waals surface area contributed by atoms with Crippen molar-refractivity contribution in [1.29, 1.82) is 0 Å². The van der Waals surface area contributed by atoms with Crippen LogP contribution in [-0.2, 0) is 15.3 Å². The zero-order chi connectivity index (χ0) is 15.1. The highest BCUT2D eigenvalue weighted by Crippen LogP contribution is 2.24. The number of ether oxygens (including phenoxy) is 1. The van der Waals surface area contributed by atoms with Crippen LogP contribution >= 0.6 is 11.8 Å². The molecule has 1 amide bonds. The van der Waals surface area contributed by atoms with Gasteiger partial charge in [0.25, 0.3) is 5.91 Å². The summed E-state index contributed by atoms with van der Waals surface area (Å²) in [7, 11) is 0. The fraction of sp³-hybridized carbons (Fsp3) is 0.588. The van der Waals surface area contributed by atoms with Crippen LogP contribution in [0.4, 0.5) is 0 Å². The van der Waals surface area contributed by atoms with E-state index in [1.807, 2.05) is 18.7 Å². The first-order valence-electron chi connectivity index (χ1n) is 7.66. The van der Waals surface area contributed by atoms with Crippen molar-refractivity contribution in [3.8, 4) is 0 Å². The fourth-order valence-corrected chi connectivity index (χ4v) is 3.42. The molecule has 1 aromatic rings. The van der Waals surface area contributed by atoms with E-state index in [-0.39, 0.29) is 5.91 Å². The van der Waals surface area contributed by atoms with Crippen molar-refractivity contribution in [2.24, 2.45) is 0 Å². The van der Waals surface area contributed by atoms with Crippen LogP contribution in [0.25, 0.3) is 0 Å². The largest absolute Gasteiger partial charge is 0.365 e. The molecule has 116 valence electrons. The van der Waals surface area contributed by atoms with Crippen LogP contribution in [0.5, 0.6) is 0 Å². The molecule has 1 aliphatic heterocycles. The highest BCUT2D eigenvalue weighted by atomic mass is 32.2. The topological polar surface area (TPSA) is 38.3 Å². The summed E-state index contributed by atoms with van der Waals surface area (Å²) in [5.41, 5.74) is 2.09. The van der Waals surface area contributed by atoms with Gasteiger partial charge in [0.1, 0.15) is 5.60 Å². The molecule has 3 nitrogen and oxygen atoms in total. The number of hydrogen-bond donors (Lipinski definition) is 1. The summed E-state index contributed by atoms with van der Waals surface area (Å²) in [5, 5.41) is 3.00. The van der Waals surface area contributed by atoms with E-state index in [0.717, 1.165) is 37.3 Å². The Kier molecular flexibility index (Phi) is 6.12. The molecule has 0 bridgehead atoms. The number of benzene rings is 1. The standard InChI is InChI=1S/C17H25NO2S/c1-14-6-3-7-15(12-14)13-21-11-5-9-18-16(19)17(2)8-4-10-20-17/h3,6-7,12H,4-5,8-11,13H2,1-2H3,(H,18,19). The molecule has 1 fully saturated rings. The molecular formula is C17H25NO2S. The Bertz CT molecular complexity index is 470. The number of hydrogen-bond acceptors (Lipinski definition) is 3. The quantitative estimate of drug-likeness (QED) is 0.786. The molecule has 0 radical (unpaired) electrons. The Morgan fingerprint density at radius 3 is 3.05 bits per heavy atom. The van der Waals surface area contributed by atoms with E-state index in [2.05, 4.69) is 36.5 Å². The van der Waals surface area contributed by atoms with Crippen molar-refractivity contribution < 1.29 is 9.53 Å². The summed E-state index contributed by atoms with van der Waals surface area (Å²) in [4.78, 5) is 12.0. The van der Waals surface area contributed by atoms with Gasteiger partial charge >= 0.3 is 0 Å². The van der Waals surface area contributed by atoms with E-state index in [1.54, 1.807) is 0 Å². The zero-order valence-corrected chi connectivity index (χ0v) is 13.8. The summed E-state index contributed by atoms with van der Waals surface area (Å²) in [6, 6.07) is 8.62. The molecule has 4 heteroatoms. The molecule has 1 N–H and O–H groups in total. The van der Waals surface area contributed by atoms with Gasteiger partial charge in [-0.2, -0.15) is 11.8 Å². The Morgan fingerprint density at radius 2 is 2.33 bits per heavy atom. The average molecular weight is 307 g/mol. The molecule has 2 rings (SSSR count). The highest BCUT2D eigenvalue weighted by Gasteiger charge is 2.37. The first kappa shape index (κ1) is 16.4. The van der Waals surface area contributed by atoms with E-state index in [9.17, 15) is 4.79 Å². The van der Waals surface area contributed by atoms with Crippen molar-refractivity contribution in [3.63, 3.8) is 0 Å². The summed E-state index contributed by atoms with van der Waals surface area (Å²) < 4.78 is 5.53. The van der Waals surface area contributed by atoms with E-state index < -0.39 is 5.60 Å². The van der Waals surface area contributed by atoms with Crippen LogP contribution in [-0.4, -0.2) is 30.4 Å². The summed E-state index contributed by atoms with van der Waals surface area (Å²) >= 11 is 1.92. The van der Waals surface area contributed by atoms with Gasteiger partial charge in [0, 0.05) is 18.9 Å². The second kappa shape index (κ2) is 7.85. The lowest BCUT2D eigenvalue weighted by Gasteiger charge is -2.21. The number of thioether (sulfide) groups is 1. The van der Waals surface area contributed by atoms with E-state index in [0.29, 0.717) is 6.61 Å². The zero-order valence-electron chi connectivity index (χ0n) is 13.0. The lowest BCUT2D eigenvalue weighted by atomic mass is 10.0. The molecule has 1 heterocycles. The number of rotatable bonds is 7. The smallest absolute Gasteiger partial charge is 0.251 e. The molecule has 1 aromatic carbocycles. The lowest BCUT2D eigenvalue weighted by molar-refractivity contribution is -0.139. The SMILES string of the molecule is Cc1cccc(CSCCCNC(=O)C2(C)CCCO2)c1. The summed E-state index contributed by atoms with van der Waals surface area (Å²) in [5.74, 6) is 2.14. The van der Waals surface area contributed by atoms with Crippen molar-refractivity contribution in [2.45, 2.75) is 44.5 Å². The van der Waals surface area contributed by atoms with Gasteiger partial charge in [-0.05, 0) is 44.4 Å². The average Bonchev–Trinajstić information content (AvgIpc) is 2.91. The van der Waals surface area contributed by atoms with E-state index in [1.165, 1.54) is 11.1 Å². The van der Waals surface area contributed by atoms with Crippen LogP contribution < -0.4 is 5.32 Å². The third-order valence-electron chi connectivity index (χ3n) is 3.80. The number of aryl methyl sites for hydroxylation is 1. The monoisotopic (exact) mass is 307 g/mol. The van der Waals surface area contributed by atoms with Gasteiger partial charge in [0.05, 0.1) is 0 Å². The molecule has 21 heavy (non-hydrogen) atoms. The van der Waals surface area contributed by atoms with Gasteiger partial charge in [0.15, 0.2) is 0 Å². The van der Waals surface area contributed by atoms with Crippen LogP contribution in [0.15, 0.2) is 24.3 Å². The Balaban J connectivity index is 1.57. The molecule has 0 spiro atoms. The molecule has 0 saturated carbocycles. The normalized spacial score (nSPS) is 21.4. The second-order valence-corrected chi connectivity index (χ2v) is 6.94. The minimum atomic E-state index is -0.589. The maximum Gasteiger partial charge on any atom is 0.251 e. The second-order valence-electron chi connectivity index (χ2n) is 5.83. The van der Waals surface area contributed by atoms with Crippen molar-refractivity contribution in [1.82, 2.24) is 5.32 Å². The van der Waals surface area contributed by atoms with Gasteiger partial charge in [0.2, 0.25) is 0 Å². The Labute approximate surface area is 131 Å². The predicted molar refractivity (Wildman–Crippen MR) is 88.6 cm³/mol. The van der Waals surface area contributed by atoms with Gasteiger partial charge in [-0.1, -0.05) is 29.8 Å². The molecule has 1 unspecified atom stereocenters. The van der Waals surface area contributed by atoms with Crippen molar-refractivity contribution in [3.05, 3.63) is 35.4 Å². The minimum Gasteiger partial charge on any atom is -0.365 e. The lowest BCUT2D eigenvalue weighted by Crippen LogP contribution is -2.44. The van der Waals surface area contributed by atoms with Crippen LogP contribution in [0.1, 0.15) is 37.3 Å². The number of nitrogens with one attached hydrogen (secondary N) is 1. The Hall–Kier alpha value is -1.00. The molecule has 1 saturated heterocycles. The minimum absolute atomic E-state index is 0.0451. The maximum absolute atomic E-state index is 12.0. The van der Waals surface area contributed by atoms with Gasteiger partial charge < -0.3 is 10.1 Å². The first-order chi connectivity index (χ1) is 10.1. The number of carbonyl (C=O) groups excluding carboxylic acids is 1. The van der Waals surface area contributed by atoms with Crippen LogP contribution in [0.2, 0.25) is 0 Å². The van der Waals surface area contributed by atoms with E-state index in [4.69, 9.17) is 4.74 Å². The molecular weight excluding hydrogens is 282 g/mol. The maximum atomic E-state index is 12.0. The van der Waals surface area contributed by atoms with Gasteiger partial charge in [-0.3, -0.25) is 4.79 Å². The number of amides is 1. The first-order valence-corrected chi connectivity index (χ1v) is 8.81. The fourth-order valence-electron chi connectivity index (χ4n) is 2.51. The third-order valence-corrected chi connectivity index (χ3v) is 4.92. The van der Waals surface area contributed by atoms with Crippen LogP contribution in [0, 0.1) is 6.92 Å². The number of carbonyl (C=O) groups is 1. The van der Waals surface area contributed by atoms with Crippen LogP contribution in [0.3, 0.4) is 0 Å². The molecule has 1 atom stereocenters. The van der Waals surface area contributed by atoms with Gasteiger partial charge in [-0.15, -0.1) is 0 Å². The highest BCUT2D eigenvalue weighted by molar-refractivity contribution is 7.98. The van der Waals surface area contributed by atoms with E-state index >= 15 is 0 Å². The third kappa shape index (κ3) is 5.04.